The van der Waals surface area contributed by atoms with Crippen LogP contribution in [0.1, 0.15) is 10.4 Å². The standard InChI is InChI=1S/C25H21BrN2O2S/c1-16-3-5-18(6-4-16)19-9-13-22(14-10-19)30-15-23(29)27-25-28-24(17(2)31-25)20-7-11-21(26)12-8-20/h3-14H,15H2,1-2H3,(H,27,28,29). The van der Waals surface area contributed by atoms with E-state index in [1.54, 1.807) is 0 Å². The molecule has 0 saturated carbocycles. The number of aryl methyl sites for hydroxylation is 2. The number of ether oxygens (including phenoxy) is 1. The molecular weight excluding hydrogens is 472 g/mol. The summed E-state index contributed by atoms with van der Waals surface area (Å²) < 4.78 is 6.66. The second-order valence-corrected chi connectivity index (χ2v) is 9.28. The second-order valence-electron chi connectivity index (χ2n) is 7.16. The summed E-state index contributed by atoms with van der Waals surface area (Å²) in [6.45, 7) is 3.99. The minimum absolute atomic E-state index is 0.0733. The SMILES string of the molecule is Cc1ccc(-c2ccc(OCC(=O)Nc3nc(-c4ccc(Br)cc4)c(C)s3)cc2)cc1. The molecule has 0 radical (unpaired) electrons. The van der Waals surface area contributed by atoms with Crippen molar-refractivity contribution >= 4 is 38.3 Å². The van der Waals surface area contributed by atoms with E-state index in [-0.39, 0.29) is 12.5 Å². The number of halogens is 1. The van der Waals surface area contributed by atoms with Gasteiger partial charge in [0, 0.05) is 14.9 Å². The maximum absolute atomic E-state index is 12.3. The molecule has 0 unspecified atom stereocenters. The number of anilines is 1. The molecular formula is C25H21BrN2O2S. The molecule has 0 aliphatic heterocycles. The fourth-order valence-corrected chi connectivity index (χ4v) is 4.24. The zero-order valence-electron chi connectivity index (χ0n) is 17.2. The number of thiazole rings is 1. The van der Waals surface area contributed by atoms with Crippen LogP contribution in [-0.4, -0.2) is 17.5 Å². The number of benzene rings is 3. The molecule has 1 N–H and O–H groups in total. The smallest absolute Gasteiger partial charge is 0.264 e. The van der Waals surface area contributed by atoms with Crippen LogP contribution in [0.3, 0.4) is 0 Å². The molecule has 0 atom stereocenters. The van der Waals surface area contributed by atoms with E-state index in [0.717, 1.165) is 31.7 Å². The van der Waals surface area contributed by atoms with Gasteiger partial charge in [-0.05, 0) is 49.2 Å². The number of hydrogen-bond donors (Lipinski definition) is 1. The van der Waals surface area contributed by atoms with Gasteiger partial charge in [-0.25, -0.2) is 4.98 Å². The van der Waals surface area contributed by atoms with Crippen molar-refractivity contribution in [3.05, 3.63) is 87.7 Å². The highest BCUT2D eigenvalue weighted by Gasteiger charge is 2.12. The molecule has 1 amide bonds. The summed E-state index contributed by atoms with van der Waals surface area (Å²) in [5.41, 5.74) is 5.38. The molecule has 31 heavy (non-hydrogen) atoms. The Balaban J connectivity index is 1.35. The van der Waals surface area contributed by atoms with Crippen LogP contribution in [0.5, 0.6) is 5.75 Å². The third-order valence-electron chi connectivity index (χ3n) is 4.77. The minimum atomic E-state index is -0.237. The van der Waals surface area contributed by atoms with Crippen molar-refractivity contribution in [1.29, 1.82) is 0 Å². The van der Waals surface area contributed by atoms with Gasteiger partial charge in [-0.15, -0.1) is 11.3 Å². The maximum Gasteiger partial charge on any atom is 0.264 e. The lowest BCUT2D eigenvalue weighted by atomic mass is 10.0. The Hall–Kier alpha value is -2.96. The number of hydrogen-bond acceptors (Lipinski definition) is 4. The Morgan fingerprint density at radius 1 is 0.903 bits per heavy atom. The highest BCUT2D eigenvalue weighted by molar-refractivity contribution is 9.10. The fourth-order valence-electron chi connectivity index (χ4n) is 3.12. The van der Waals surface area contributed by atoms with E-state index < -0.39 is 0 Å². The molecule has 4 aromatic rings. The summed E-state index contributed by atoms with van der Waals surface area (Å²) in [6, 6.07) is 24.1. The summed E-state index contributed by atoms with van der Waals surface area (Å²) in [5, 5.41) is 3.40. The Morgan fingerprint density at radius 2 is 1.48 bits per heavy atom. The molecule has 4 nitrogen and oxygen atoms in total. The zero-order chi connectivity index (χ0) is 21.8. The molecule has 0 spiro atoms. The van der Waals surface area contributed by atoms with Crippen molar-refractivity contribution in [2.75, 3.05) is 11.9 Å². The van der Waals surface area contributed by atoms with E-state index in [1.165, 1.54) is 16.9 Å². The van der Waals surface area contributed by atoms with Crippen molar-refractivity contribution in [3.63, 3.8) is 0 Å². The average molecular weight is 493 g/mol. The first kappa shape index (κ1) is 21.3. The molecule has 0 aliphatic rings. The minimum Gasteiger partial charge on any atom is -0.484 e. The third-order valence-corrected chi connectivity index (χ3v) is 6.18. The molecule has 0 fully saturated rings. The summed E-state index contributed by atoms with van der Waals surface area (Å²) in [6.07, 6.45) is 0. The predicted molar refractivity (Wildman–Crippen MR) is 131 cm³/mol. The van der Waals surface area contributed by atoms with E-state index in [4.69, 9.17) is 4.74 Å². The molecule has 0 bridgehead atoms. The van der Waals surface area contributed by atoms with E-state index in [2.05, 4.69) is 57.4 Å². The summed E-state index contributed by atoms with van der Waals surface area (Å²) >= 11 is 4.89. The number of rotatable bonds is 6. The Bertz CT molecular complexity index is 1180. The van der Waals surface area contributed by atoms with Gasteiger partial charge >= 0.3 is 0 Å². The fraction of sp³-hybridized carbons (Fsp3) is 0.120. The van der Waals surface area contributed by atoms with Gasteiger partial charge in [0.1, 0.15) is 5.75 Å². The molecule has 1 aromatic heterocycles. The van der Waals surface area contributed by atoms with Crippen molar-refractivity contribution in [1.82, 2.24) is 4.98 Å². The van der Waals surface area contributed by atoms with Crippen molar-refractivity contribution in [3.8, 4) is 28.1 Å². The van der Waals surface area contributed by atoms with Gasteiger partial charge < -0.3 is 4.74 Å². The largest absolute Gasteiger partial charge is 0.484 e. The lowest BCUT2D eigenvalue weighted by molar-refractivity contribution is -0.118. The average Bonchev–Trinajstić information content (AvgIpc) is 3.13. The van der Waals surface area contributed by atoms with Crippen molar-refractivity contribution in [2.45, 2.75) is 13.8 Å². The molecule has 3 aromatic carbocycles. The van der Waals surface area contributed by atoms with E-state index >= 15 is 0 Å². The highest BCUT2D eigenvalue weighted by Crippen LogP contribution is 2.31. The van der Waals surface area contributed by atoms with E-state index in [1.807, 2.05) is 55.5 Å². The van der Waals surface area contributed by atoms with Gasteiger partial charge in [-0.2, -0.15) is 0 Å². The summed E-state index contributed by atoms with van der Waals surface area (Å²) in [7, 11) is 0. The molecule has 0 saturated heterocycles. The third kappa shape index (κ3) is 5.40. The van der Waals surface area contributed by atoms with Gasteiger partial charge in [-0.1, -0.05) is 70.0 Å². The van der Waals surface area contributed by atoms with Gasteiger partial charge in [0.05, 0.1) is 5.69 Å². The quantitative estimate of drug-likeness (QED) is 0.319. The topological polar surface area (TPSA) is 51.2 Å². The van der Waals surface area contributed by atoms with E-state index in [9.17, 15) is 4.79 Å². The highest BCUT2D eigenvalue weighted by atomic mass is 79.9. The molecule has 6 heteroatoms. The Morgan fingerprint density at radius 3 is 2.13 bits per heavy atom. The molecule has 0 aliphatic carbocycles. The van der Waals surface area contributed by atoms with Crippen LogP contribution in [0.2, 0.25) is 0 Å². The number of aromatic nitrogens is 1. The first-order chi connectivity index (χ1) is 15.0. The first-order valence-corrected chi connectivity index (χ1v) is 11.4. The molecule has 156 valence electrons. The number of nitrogens with zero attached hydrogens (tertiary/aromatic N) is 1. The van der Waals surface area contributed by atoms with Gasteiger partial charge in [0.15, 0.2) is 11.7 Å². The number of carbonyl (C=O) groups excluding carboxylic acids is 1. The van der Waals surface area contributed by atoms with Gasteiger partial charge in [-0.3, -0.25) is 10.1 Å². The summed E-state index contributed by atoms with van der Waals surface area (Å²) in [5.74, 6) is 0.413. The number of carbonyl (C=O) groups is 1. The van der Waals surface area contributed by atoms with Crippen LogP contribution >= 0.6 is 27.3 Å². The maximum atomic E-state index is 12.3. The predicted octanol–water partition coefficient (Wildman–Crippen LogP) is 6.87. The van der Waals surface area contributed by atoms with Crippen LogP contribution in [0.25, 0.3) is 22.4 Å². The number of amides is 1. The van der Waals surface area contributed by atoms with Crippen LogP contribution in [0, 0.1) is 13.8 Å². The van der Waals surface area contributed by atoms with Crippen molar-refractivity contribution in [2.24, 2.45) is 0 Å². The van der Waals surface area contributed by atoms with Gasteiger partial charge in [0.25, 0.3) is 5.91 Å². The summed E-state index contributed by atoms with van der Waals surface area (Å²) in [4.78, 5) is 18.0. The first-order valence-electron chi connectivity index (χ1n) is 9.81. The van der Waals surface area contributed by atoms with Gasteiger partial charge in [0.2, 0.25) is 0 Å². The Labute approximate surface area is 194 Å². The monoisotopic (exact) mass is 492 g/mol. The van der Waals surface area contributed by atoms with Crippen molar-refractivity contribution < 1.29 is 9.53 Å². The number of nitrogens with one attached hydrogen (secondary N) is 1. The second kappa shape index (κ2) is 9.45. The lowest BCUT2D eigenvalue weighted by Crippen LogP contribution is -2.20. The molecule has 4 rings (SSSR count). The van der Waals surface area contributed by atoms with Crippen LogP contribution < -0.4 is 10.1 Å². The zero-order valence-corrected chi connectivity index (χ0v) is 19.6. The van der Waals surface area contributed by atoms with Crippen LogP contribution in [-0.2, 0) is 4.79 Å². The Kier molecular flexibility index (Phi) is 6.49. The molecule has 1 heterocycles. The lowest BCUT2D eigenvalue weighted by Gasteiger charge is -2.07. The van der Waals surface area contributed by atoms with Crippen LogP contribution in [0.15, 0.2) is 77.3 Å². The normalized spacial score (nSPS) is 10.7. The van der Waals surface area contributed by atoms with E-state index in [0.29, 0.717) is 10.9 Å². The van der Waals surface area contributed by atoms with Crippen LogP contribution in [0.4, 0.5) is 5.13 Å².